The molecular formula is C13H18N2O6S. The zero-order valence-corrected chi connectivity index (χ0v) is 13.3. The van der Waals surface area contributed by atoms with E-state index in [1.54, 1.807) is 12.1 Å². The number of anilines is 1. The van der Waals surface area contributed by atoms with Crippen LogP contribution in [0.25, 0.3) is 0 Å². The highest BCUT2D eigenvalue weighted by atomic mass is 32.2. The van der Waals surface area contributed by atoms with Gasteiger partial charge in [0.05, 0.1) is 38.3 Å². The summed E-state index contributed by atoms with van der Waals surface area (Å²) in [5, 5.41) is 2.38. The molecule has 8 nitrogen and oxygen atoms in total. The molecule has 0 aliphatic carbocycles. The molecule has 22 heavy (non-hydrogen) atoms. The second-order valence-electron chi connectivity index (χ2n) is 4.26. The molecule has 1 aromatic rings. The Morgan fingerprint density at radius 2 is 1.82 bits per heavy atom. The number of ether oxygens (including phenoxy) is 2. The summed E-state index contributed by atoms with van der Waals surface area (Å²) in [7, 11) is -1.24. The van der Waals surface area contributed by atoms with E-state index in [9.17, 15) is 18.0 Å². The lowest BCUT2D eigenvalue weighted by molar-refractivity contribution is 0.0601. The fourth-order valence-corrected chi connectivity index (χ4v) is 2.71. The number of esters is 1. The van der Waals surface area contributed by atoms with Crippen LogP contribution < -0.4 is 9.62 Å². The minimum Gasteiger partial charge on any atom is -0.465 e. The van der Waals surface area contributed by atoms with Crippen LogP contribution in [0.2, 0.25) is 0 Å². The monoisotopic (exact) mass is 330 g/mol. The van der Waals surface area contributed by atoms with Crippen LogP contribution in [-0.2, 0) is 19.5 Å². The lowest BCUT2D eigenvalue weighted by atomic mass is 10.2. The average Bonchev–Trinajstić information content (AvgIpc) is 2.49. The Morgan fingerprint density at radius 3 is 2.36 bits per heavy atom. The van der Waals surface area contributed by atoms with Gasteiger partial charge in [0, 0.05) is 6.54 Å². The van der Waals surface area contributed by atoms with Crippen molar-refractivity contribution < 1.29 is 27.5 Å². The van der Waals surface area contributed by atoms with Crippen LogP contribution in [0.4, 0.5) is 10.5 Å². The van der Waals surface area contributed by atoms with Crippen molar-refractivity contribution >= 4 is 27.8 Å². The van der Waals surface area contributed by atoms with Crippen molar-refractivity contribution in [3.8, 4) is 0 Å². The van der Waals surface area contributed by atoms with Crippen molar-refractivity contribution in [3.05, 3.63) is 29.8 Å². The molecule has 0 saturated carbocycles. The first-order valence-electron chi connectivity index (χ1n) is 6.28. The van der Waals surface area contributed by atoms with Crippen LogP contribution in [0.1, 0.15) is 10.4 Å². The van der Waals surface area contributed by atoms with Crippen LogP contribution in [0.5, 0.6) is 0 Å². The Bertz CT molecular complexity index is 644. The fourth-order valence-electron chi connectivity index (χ4n) is 1.77. The molecule has 1 N–H and O–H groups in total. The van der Waals surface area contributed by atoms with Gasteiger partial charge < -0.3 is 14.8 Å². The standard InChI is InChI=1S/C13H18N2O6S/c1-20-12(16)10-6-4-5-7-11(10)15(22(3,18)19)9-8-14-13(17)21-2/h4-7H,8-9H2,1-3H3,(H,14,17). The van der Waals surface area contributed by atoms with E-state index in [0.29, 0.717) is 0 Å². The average molecular weight is 330 g/mol. The Kier molecular flexibility index (Phi) is 6.17. The third-order valence-corrected chi connectivity index (χ3v) is 3.93. The smallest absolute Gasteiger partial charge is 0.406 e. The fraction of sp³-hybridized carbons (Fsp3) is 0.385. The number of alkyl carbamates (subject to hydrolysis) is 1. The molecule has 1 aromatic carbocycles. The van der Waals surface area contributed by atoms with Crippen LogP contribution in [0.3, 0.4) is 0 Å². The van der Waals surface area contributed by atoms with E-state index >= 15 is 0 Å². The predicted molar refractivity (Wildman–Crippen MR) is 80.4 cm³/mol. The summed E-state index contributed by atoms with van der Waals surface area (Å²) in [5.74, 6) is -0.648. The maximum absolute atomic E-state index is 12.0. The Morgan fingerprint density at radius 1 is 1.18 bits per heavy atom. The van der Waals surface area contributed by atoms with Crippen molar-refractivity contribution in [1.82, 2.24) is 5.32 Å². The van der Waals surface area contributed by atoms with E-state index in [1.165, 1.54) is 26.4 Å². The van der Waals surface area contributed by atoms with Crippen LogP contribution in [-0.4, -0.2) is 54.0 Å². The molecular weight excluding hydrogens is 312 g/mol. The molecule has 0 fully saturated rings. The number of hydrogen-bond donors (Lipinski definition) is 1. The van der Waals surface area contributed by atoms with E-state index in [4.69, 9.17) is 0 Å². The summed E-state index contributed by atoms with van der Waals surface area (Å²) in [6.45, 7) is -0.0306. The molecule has 0 aliphatic heterocycles. The highest BCUT2D eigenvalue weighted by molar-refractivity contribution is 7.92. The van der Waals surface area contributed by atoms with Crippen LogP contribution in [0, 0.1) is 0 Å². The highest BCUT2D eigenvalue weighted by Gasteiger charge is 2.23. The molecule has 0 spiro atoms. The van der Waals surface area contributed by atoms with Crippen molar-refractivity contribution in [2.75, 3.05) is 37.9 Å². The molecule has 0 heterocycles. The van der Waals surface area contributed by atoms with E-state index in [-0.39, 0.29) is 24.3 Å². The zero-order chi connectivity index (χ0) is 16.8. The number of amides is 1. The van der Waals surface area contributed by atoms with Gasteiger partial charge in [0.25, 0.3) is 0 Å². The maximum Gasteiger partial charge on any atom is 0.406 e. The number of sulfonamides is 1. The minimum atomic E-state index is -3.65. The maximum atomic E-state index is 12.0. The van der Waals surface area contributed by atoms with E-state index in [0.717, 1.165) is 10.6 Å². The van der Waals surface area contributed by atoms with Crippen molar-refractivity contribution in [2.45, 2.75) is 0 Å². The molecule has 9 heteroatoms. The Balaban J connectivity index is 3.09. The first-order chi connectivity index (χ1) is 10.3. The van der Waals surface area contributed by atoms with Gasteiger partial charge in [-0.2, -0.15) is 0 Å². The number of benzene rings is 1. The molecule has 0 unspecified atom stereocenters. The largest absolute Gasteiger partial charge is 0.465 e. The topological polar surface area (TPSA) is 102 Å². The number of rotatable bonds is 6. The quantitative estimate of drug-likeness (QED) is 0.766. The van der Waals surface area contributed by atoms with E-state index in [2.05, 4.69) is 14.8 Å². The third kappa shape index (κ3) is 4.62. The molecule has 0 radical (unpaired) electrons. The van der Waals surface area contributed by atoms with Gasteiger partial charge in [0.1, 0.15) is 0 Å². The van der Waals surface area contributed by atoms with E-state index in [1.807, 2.05) is 0 Å². The van der Waals surface area contributed by atoms with Crippen molar-refractivity contribution in [3.63, 3.8) is 0 Å². The predicted octanol–water partition coefficient (Wildman–Crippen LogP) is 0.595. The number of nitrogens with zero attached hydrogens (tertiary/aromatic N) is 1. The van der Waals surface area contributed by atoms with Gasteiger partial charge in [-0.15, -0.1) is 0 Å². The Hall–Kier alpha value is -2.29. The number of carbonyl (C=O) groups is 2. The first-order valence-corrected chi connectivity index (χ1v) is 8.13. The number of carbonyl (C=O) groups excluding carboxylic acids is 2. The number of hydrogen-bond acceptors (Lipinski definition) is 6. The SMILES string of the molecule is COC(=O)NCCN(c1ccccc1C(=O)OC)S(C)(=O)=O. The van der Waals surface area contributed by atoms with Crippen LogP contribution >= 0.6 is 0 Å². The minimum absolute atomic E-state index is 0.0231. The van der Waals surface area contributed by atoms with Crippen molar-refractivity contribution in [1.29, 1.82) is 0 Å². The second-order valence-corrected chi connectivity index (χ2v) is 6.17. The normalized spacial score (nSPS) is 10.7. The molecule has 1 amide bonds. The summed E-state index contributed by atoms with van der Waals surface area (Å²) in [6.07, 6.45) is 0.342. The summed E-state index contributed by atoms with van der Waals surface area (Å²) in [5.41, 5.74) is 0.303. The van der Waals surface area contributed by atoms with E-state index < -0.39 is 22.1 Å². The molecule has 1 rings (SSSR count). The molecule has 0 aromatic heterocycles. The summed E-state index contributed by atoms with van der Waals surface area (Å²) in [4.78, 5) is 22.8. The summed E-state index contributed by atoms with van der Waals surface area (Å²) >= 11 is 0. The highest BCUT2D eigenvalue weighted by Crippen LogP contribution is 2.23. The van der Waals surface area contributed by atoms with Gasteiger partial charge in [0.15, 0.2) is 0 Å². The number of nitrogens with one attached hydrogen (secondary N) is 1. The molecule has 0 bridgehead atoms. The first kappa shape index (κ1) is 17.8. The lowest BCUT2D eigenvalue weighted by Crippen LogP contribution is -2.38. The van der Waals surface area contributed by atoms with Crippen LogP contribution in [0.15, 0.2) is 24.3 Å². The molecule has 0 atom stereocenters. The second kappa shape index (κ2) is 7.64. The summed E-state index contributed by atoms with van der Waals surface area (Å²) < 4.78 is 34.0. The third-order valence-electron chi connectivity index (χ3n) is 2.75. The number of para-hydroxylation sites is 1. The van der Waals surface area contributed by atoms with Gasteiger partial charge >= 0.3 is 12.1 Å². The Labute approximate surface area is 129 Å². The van der Waals surface area contributed by atoms with Gasteiger partial charge in [-0.3, -0.25) is 4.31 Å². The van der Waals surface area contributed by atoms with Crippen molar-refractivity contribution in [2.24, 2.45) is 0 Å². The van der Waals surface area contributed by atoms with Gasteiger partial charge in [-0.1, -0.05) is 12.1 Å². The lowest BCUT2D eigenvalue weighted by Gasteiger charge is -2.24. The number of methoxy groups -OCH3 is 2. The molecule has 0 aliphatic rings. The van der Waals surface area contributed by atoms with Gasteiger partial charge in [0.2, 0.25) is 10.0 Å². The molecule has 0 saturated heterocycles. The van der Waals surface area contributed by atoms with Gasteiger partial charge in [-0.25, -0.2) is 18.0 Å². The molecule has 122 valence electrons. The summed E-state index contributed by atoms with van der Waals surface area (Å²) in [6, 6.07) is 6.16. The zero-order valence-electron chi connectivity index (χ0n) is 12.5. The van der Waals surface area contributed by atoms with Gasteiger partial charge in [-0.05, 0) is 12.1 Å².